The van der Waals surface area contributed by atoms with Gasteiger partial charge in [-0.2, -0.15) is 10.2 Å². The highest BCUT2D eigenvalue weighted by Gasteiger charge is 2.15. The Morgan fingerprint density at radius 1 is 1.00 bits per heavy atom. The lowest BCUT2D eigenvalue weighted by atomic mass is 10.2. The van der Waals surface area contributed by atoms with Crippen molar-refractivity contribution >= 4 is 28.8 Å². The zero-order chi connectivity index (χ0) is 20.1. The molecule has 4 rings (SSSR count). The van der Waals surface area contributed by atoms with Crippen LogP contribution in [-0.2, 0) is 4.74 Å². The maximum atomic E-state index is 9.09. The highest BCUT2D eigenvalue weighted by atomic mass is 16.5. The number of anilines is 5. The van der Waals surface area contributed by atoms with Gasteiger partial charge in [0.2, 0.25) is 5.95 Å². The molecule has 1 aliphatic heterocycles. The number of nitriles is 1. The van der Waals surface area contributed by atoms with Gasteiger partial charge in [0.15, 0.2) is 0 Å². The number of para-hydroxylation sites is 2. The number of aryl methyl sites for hydroxylation is 1. The van der Waals surface area contributed by atoms with E-state index >= 15 is 0 Å². The first kappa shape index (κ1) is 18.7. The molecule has 0 saturated carbocycles. The molecule has 3 aromatic rings. The van der Waals surface area contributed by atoms with Crippen LogP contribution >= 0.6 is 0 Å². The molecule has 1 aliphatic rings. The van der Waals surface area contributed by atoms with Gasteiger partial charge in [-0.25, -0.2) is 4.98 Å². The van der Waals surface area contributed by atoms with Crippen molar-refractivity contribution in [3.05, 3.63) is 65.9 Å². The van der Waals surface area contributed by atoms with E-state index in [0.717, 1.165) is 49.1 Å². The molecular weight excluding hydrogens is 364 g/mol. The molecule has 2 N–H and O–H groups in total. The molecule has 1 aromatic heterocycles. The molecule has 0 aliphatic carbocycles. The molecule has 0 unspecified atom stereocenters. The second-order valence-corrected chi connectivity index (χ2v) is 6.78. The van der Waals surface area contributed by atoms with E-state index in [4.69, 9.17) is 10.00 Å². The maximum absolute atomic E-state index is 9.09. The first-order valence-electron chi connectivity index (χ1n) is 9.53. The van der Waals surface area contributed by atoms with Crippen molar-refractivity contribution in [1.29, 1.82) is 5.26 Å². The van der Waals surface area contributed by atoms with Crippen LogP contribution in [0.1, 0.15) is 11.3 Å². The second-order valence-electron chi connectivity index (χ2n) is 6.78. The minimum absolute atomic E-state index is 0.518. The summed E-state index contributed by atoms with van der Waals surface area (Å²) in [5.74, 6) is 1.18. The predicted octanol–water partition coefficient (Wildman–Crippen LogP) is 3.98. The van der Waals surface area contributed by atoms with E-state index in [1.54, 1.807) is 12.1 Å². The Balaban J connectivity index is 1.58. The fourth-order valence-corrected chi connectivity index (χ4v) is 3.28. The van der Waals surface area contributed by atoms with Gasteiger partial charge in [-0.3, -0.25) is 0 Å². The van der Waals surface area contributed by atoms with Gasteiger partial charge in [0, 0.05) is 30.5 Å². The molecule has 0 atom stereocenters. The number of morpholine rings is 1. The summed E-state index contributed by atoms with van der Waals surface area (Å²) < 4.78 is 5.47. The average molecular weight is 386 g/mol. The Morgan fingerprint density at radius 3 is 2.66 bits per heavy atom. The van der Waals surface area contributed by atoms with Gasteiger partial charge < -0.3 is 20.3 Å². The van der Waals surface area contributed by atoms with Gasteiger partial charge in [0.25, 0.3) is 0 Å². The quantitative estimate of drug-likeness (QED) is 0.686. The molecule has 29 heavy (non-hydrogen) atoms. The fraction of sp³-hybridized carbons (Fsp3) is 0.227. The summed E-state index contributed by atoms with van der Waals surface area (Å²) >= 11 is 0. The minimum Gasteiger partial charge on any atom is -0.378 e. The van der Waals surface area contributed by atoms with Gasteiger partial charge in [-0.05, 0) is 37.3 Å². The summed E-state index contributed by atoms with van der Waals surface area (Å²) in [5.41, 5.74) is 4.31. The normalized spacial score (nSPS) is 13.6. The SMILES string of the molecule is Cc1cc(Nc2cccc(C#N)c2)nc(Nc2ccccc2N2CCOCC2)n1. The van der Waals surface area contributed by atoms with Gasteiger partial charge in [-0.1, -0.05) is 18.2 Å². The van der Waals surface area contributed by atoms with Crippen LogP contribution in [0.25, 0.3) is 0 Å². The lowest BCUT2D eigenvalue weighted by molar-refractivity contribution is 0.123. The van der Waals surface area contributed by atoms with Crippen molar-refractivity contribution in [1.82, 2.24) is 9.97 Å². The second kappa shape index (κ2) is 8.59. The molecule has 0 amide bonds. The maximum Gasteiger partial charge on any atom is 0.229 e. The third-order valence-electron chi connectivity index (χ3n) is 4.62. The first-order chi connectivity index (χ1) is 14.2. The van der Waals surface area contributed by atoms with Crippen molar-refractivity contribution in [3.8, 4) is 6.07 Å². The number of nitrogens with zero attached hydrogens (tertiary/aromatic N) is 4. The number of nitrogens with one attached hydrogen (secondary N) is 2. The predicted molar refractivity (Wildman–Crippen MR) is 114 cm³/mol. The van der Waals surface area contributed by atoms with Crippen LogP contribution in [-0.4, -0.2) is 36.3 Å². The summed E-state index contributed by atoms with van der Waals surface area (Å²) in [7, 11) is 0. The molecule has 146 valence electrons. The van der Waals surface area contributed by atoms with E-state index < -0.39 is 0 Å². The Labute approximate surface area is 170 Å². The van der Waals surface area contributed by atoms with Crippen LogP contribution in [0.4, 0.5) is 28.8 Å². The first-order valence-corrected chi connectivity index (χ1v) is 9.53. The van der Waals surface area contributed by atoms with Crippen LogP contribution in [0, 0.1) is 18.3 Å². The van der Waals surface area contributed by atoms with Crippen molar-refractivity contribution in [2.75, 3.05) is 41.8 Å². The van der Waals surface area contributed by atoms with Crippen molar-refractivity contribution in [3.63, 3.8) is 0 Å². The molecule has 7 nitrogen and oxygen atoms in total. The number of rotatable bonds is 5. The summed E-state index contributed by atoms with van der Waals surface area (Å²) in [5, 5.41) is 15.7. The van der Waals surface area contributed by atoms with Gasteiger partial charge >= 0.3 is 0 Å². The zero-order valence-corrected chi connectivity index (χ0v) is 16.2. The molecule has 1 saturated heterocycles. The fourth-order valence-electron chi connectivity index (χ4n) is 3.28. The Kier molecular flexibility index (Phi) is 5.54. The molecule has 0 spiro atoms. The molecule has 7 heteroatoms. The van der Waals surface area contributed by atoms with Crippen molar-refractivity contribution < 1.29 is 4.74 Å². The van der Waals surface area contributed by atoms with Gasteiger partial charge in [-0.15, -0.1) is 0 Å². The topological polar surface area (TPSA) is 86.1 Å². The molecule has 2 heterocycles. The van der Waals surface area contributed by atoms with Crippen molar-refractivity contribution in [2.45, 2.75) is 6.92 Å². The van der Waals surface area contributed by atoms with E-state index in [9.17, 15) is 0 Å². The molecule has 0 bridgehead atoms. The lowest BCUT2D eigenvalue weighted by Gasteiger charge is -2.30. The van der Waals surface area contributed by atoms with Crippen LogP contribution in [0.3, 0.4) is 0 Å². The van der Waals surface area contributed by atoms with E-state index in [0.29, 0.717) is 17.3 Å². The van der Waals surface area contributed by atoms with Crippen LogP contribution in [0.2, 0.25) is 0 Å². The summed E-state index contributed by atoms with van der Waals surface area (Å²) in [4.78, 5) is 11.4. The number of benzene rings is 2. The summed E-state index contributed by atoms with van der Waals surface area (Å²) in [6.07, 6.45) is 0. The van der Waals surface area contributed by atoms with Crippen LogP contribution in [0.15, 0.2) is 54.6 Å². The van der Waals surface area contributed by atoms with E-state index in [2.05, 4.69) is 37.6 Å². The average Bonchev–Trinajstić information content (AvgIpc) is 2.74. The summed E-state index contributed by atoms with van der Waals surface area (Å²) in [6, 6.07) is 19.5. The standard InChI is InChI=1S/C22H22N6O/c1-16-13-21(25-18-6-4-5-17(14-18)15-23)27-22(24-16)26-19-7-2-3-8-20(19)28-9-11-29-12-10-28/h2-8,13-14H,9-12H2,1H3,(H2,24,25,26,27). The minimum atomic E-state index is 0.518. The Bertz CT molecular complexity index is 1040. The third kappa shape index (κ3) is 4.62. The van der Waals surface area contributed by atoms with Crippen LogP contribution < -0.4 is 15.5 Å². The van der Waals surface area contributed by atoms with E-state index in [-0.39, 0.29) is 0 Å². The number of hydrogen-bond acceptors (Lipinski definition) is 7. The van der Waals surface area contributed by atoms with Gasteiger partial charge in [0.05, 0.1) is 36.2 Å². The van der Waals surface area contributed by atoms with Crippen LogP contribution in [0.5, 0.6) is 0 Å². The number of hydrogen-bond donors (Lipinski definition) is 2. The molecule has 1 fully saturated rings. The van der Waals surface area contributed by atoms with E-state index in [1.807, 2.05) is 43.3 Å². The zero-order valence-electron chi connectivity index (χ0n) is 16.2. The lowest BCUT2D eigenvalue weighted by Crippen LogP contribution is -2.36. The third-order valence-corrected chi connectivity index (χ3v) is 4.62. The monoisotopic (exact) mass is 386 g/mol. The Morgan fingerprint density at radius 2 is 1.83 bits per heavy atom. The number of ether oxygens (including phenoxy) is 1. The molecular formula is C22H22N6O. The van der Waals surface area contributed by atoms with Gasteiger partial charge in [0.1, 0.15) is 5.82 Å². The largest absolute Gasteiger partial charge is 0.378 e. The number of aromatic nitrogens is 2. The molecule has 0 radical (unpaired) electrons. The molecule has 2 aromatic carbocycles. The smallest absolute Gasteiger partial charge is 0.229 e. The van der Waals surface area contributed by atoms with Crippen molar-refractivity contribution in [2.24, 2.45) is 0 Å². The Hall–Kier alpha value is -3.63. The van der Waals surface area contributed by atoms with E-state index in [1.165, 1.54) is 0 Å². The summed E-state index contributed by atoms with van der Waals surface area (Å²) in [6.45, 7) is 5.10. The highest BCUT2D eigenvalue weighted by Crippen LogP contribution is 2.29. The highest BCUT2D eigenvalue weighted by molar-refractivity contribution is 5.74.